The highest BCUT2D eigenvalue weighted by Gasteiger charge is 2.17. The Kier molecular flexibility index (Phi) is 4.59. The van der Waals surface area contributed by atoms with E-state index < -0.39 is 5.82 Å². The summed E-state index contributed by atoms with van der Waals surface area (Å²) in [6.07, 6.45) is 6.50. The van der Waals surface area contributed by atoms with Gasteiger partial charge in [-0.05, 0) is 37.0 Å². The molecule has 0 heterocycles. The Balaban J connectivity index is 1.88. The molecule has 2 rings (SSSR count). The highest BCUT2D eigenvalue weighted by atomic mass is 35.5. The molecule has 1 aromatic rings. The van der Waals surface area contributed by atoms with Gasteiger partial charge in [-0.2, -0.15) is 0 Å². The average molecular weight is 270 g/mol. The molecule has 0 saturated heterocycles. The third-order valence-electron chi connectivity index (χ3n) is 3.40. The fourth-order valence-electron chi connectivity index (χ4n) is 2.44. The fourth-order valence-corrected chi connectivity index (χ4v) is 2.56. The molecular formula is C14H17ClFNO. The molecule has 0 atom stereocenters. The summed E-state index contributed by atoms with van der Waals surface area (Å²) in [5.74, 6) is -0.0633. The number of benzene rings is 1. The SMILES string of the molecule is O=C(CC1CCCCC1)Nc1ccc(Cl)c(F)c1. The predicted molar refractivity (Wildman–Crippen MR) is 71.2 cm³/mol. The molecule has 4 heteroatoms. The first kappa shape index (κ1) is 13.3. The second-order valence-corrected chi connectivity index (χ2v) is 5.29. The molecule has 0 unspecified atom stereocenters. The number of hydrogen-bond acceptors (Lipinski definition) is 1. The summed E-state index contributed by atoms with van der Waals surface area (Å²) in [6, 6.07) is 4.32. The normalized spacial score (nSPS) is 16.6. The molecule has 0 radical (unpaired) electrons. The molecule has 1 fully saturated rings. The summed E-state index contributed by atoms with van der Waals surface area (Å²) >= 11 is 5.59. The summed E-state index contributed by atoms with van der Waals surface area (Å²) in [5, 5.41) is 2.79. The molecule has 1 saturated carbocycles. The van der Waals surface area contributed by atoms with Crippen molar-refractivity contribution in [2.24, 2.45) is 5.92 Å². The maximum absolute atomic E-state index is 13.2. The molecule has 0 bridgehead atoms. The number of anilines is 1. The fraction of sp³-hybridized carbons (Fsp3) is 0.500. The third kappa shape index (κ3) is 3.70. The van der Waals surface area contributed by atoms with Gasteiger partial charge in [0.15, 0.2) is 0 Å². The Hall–Kier alpha value is -1.09. The van der Waals surface area contributed by atoms with Crippen molar-refractivity contribution in [1.29, 1.82) is 0 Å². The van der Waals surface area contributed by atoms with Crippen LogP contribution in [-0.2, 0) is 4.79 Å². The van der Waals surface area contributed by atoms with Crippen LogP contribution >= 0.6 is 11.6 Å². The van der Waals surface area contributed by atoms with Gasteiger partial charge in [-0.15, -0.1) is 0 Å². The standard InChI is InChI=1S/C14H17ClFNO/c15-12-7-6-11(9-13(12)16)17-14(18)8-10-4-2-1-3-5-10/h6-7,9-10H,1-5,8H2,(H,17,18). The minimum Gasteiger partial charge on any atom is -0.326 e. The number of carbonyl (C=O) groups is 1. The van der Waals surface area contributed by atoms with E-state index in [1.54, 1.807) is 6.07 Å². The lowest BCUT2D eigenvalue weighted by molar-refractivity contribution is -0.117. The lowest BCUT2D eigenvalue weighted by atomic mass is 9.87. The first-order chi connectivity index (χ1) is 8.65. The van der Waals surface area contributed by atoms with E-state index in [4.69, 9.17) is 11.6 Å². The molecular weight excluding hydrogens is 253 g/mol. The van der Waals surface area contributed by atoms with E-state index in [1.165, 1.54) is 31.4 Å². The number of nitrogens with one attached hydrogen (secondary N) is 1. The Bertz CT molecular complexity index is 430. The van der Waals surface area contributed by atoms with Crippen molar-refractivity contribution in [3.63, 3.8) is 0 Å². The van der Waals surface area contributed by atoms with Crippen molar-refractivity contribution in [1.82, 2.24) is 0 Å². The van der Waals surface area contributed by atoms with Crippen LogP contribution in [0.4, 0.5) is 10.1 Å². The zero-order valence-electron chi connectivity index (χ0n) is 10.2. The summed E-state index contributed by atoms with van der Waals surface area (Å²) in [6.45, 7) is 0. The Morgan fingerprint density at radius 1 is 1.33 bits per heavy atom. The summed E-state index contributed by atoms with van der Waals surface area (Å²) in [4.78, 5) is 11.8. The van der Waals surface area contributed by atoms with Gasteiger partial charge in [-0.25, -0.2) is 4.39 Å². The van der Waals surface area contributed by atoms with Crippen molar-refractivity contribution >= 4 is 23.2 Å². The molecule has 0 aliphatic heterocycles. The zero-order valence-corrected chi connectivity index (χ0v) is 11.0. The van der Waals surface area contributed by atoms with Crippen LogP contribution < -0.4 is 5.32 Å². The number of rotatable bonds is 3. The van der Waals surface area contributed by atoms with Crippen molar-refractivity contribution < 1.29 is 9.18 Å². The monoisotopic (exact) mass is 269 g/mol. The first-order valence-corrected chi connectivity index (χ1v) is 6.78. The molecule has 1 aromatic carbocycles. The minimum atomic E-state index is -0.507. The second-order valence-electron chi connectivity index (χ2n) is 4.89. The van der Waals surface area contributed by atoms with Crippen LogP contribution in [0.25, 0.3) is 0 Å². The maximum atomic E-state index is 13.2. The van der Waals surface area contributed by atoms with E-state index in [2.05, 4.69) is 5.32 Å². The van der Waals surface area contributed by atoms with Crippen LogP contribution in [0.5, 0.6) is 0 Å². The Labute approximate surface area is 112 Å². The summed E-state index contributed by atoms with van der Waals surface area (Å²) in [5.41, 5.74) is 0.470. The summed E-state index contributed by atoms with van der Waals surface area (Å²) in [7, 11) is 0. The van der Waals surface area contributed by atoms with Gasteiger partial charge in [0.2, 0.25) is 5.91 Å². The van der Waals surface area contributed by atoms with E-state index in [-0.39, 0.29) is 10.9 Å². The average Bonchev–Trinajstić information content (AvgIpc) is 2.35. The number of carbonyl (C=O) groups excluding carboxylic acids is 1. The van der Waals surface area contributed by atoms with Crippen molar-refractivity contribution in [3.8, 4) is 0 Å². The highest BCUT2D eigenvalue weighted by Crippen LogP contribution is 2.27. The molecule has 18 heavy (non-hydrogen) atoms. The molecule has 1 aliphatic rings. The van der Waals surface area contributed by atoms with E-state index in [9.17, 15) is 9.18 Å². The second kappa shape index (κ2) is 6.19. The van der Waals surface area contributed by atoms with Crippen LogP contribution in [0.3, 0.4) is 0 Å². The molecule has 2 nitrogen and oxygen atoms in total. The van der Waals surface area contributed by atoms with Crippen molar-refractivity contribution in [2.45, 2.75) is 38.5 Å². The van der Waals surface area contributed by atoms with Crippen LogP contribution in [0, 0.1) is 11.7 Å². The van der Waals surface area contributed by atoms with Crippen LogP contribution in [0.1, 0.15) is 38.5 Å². The number of hydrogen-bond donors (Lipinski definition) is 1. The zero-order chi connectivity index (χ0) is 13.0. The first-order valence-electron chi connectivity index (χ1n) is 6.40. The van der Waals surface area contributed by atoms with Gasteiger partial charge in [-0.1, -0.05) is 30.9 Å². The summed E-state index contributed by atoms with van der Waals surface area (Å²) < 4.78 is 13.2. The topological polar surface area (TPSA) is 29.1 Å². The van der Waals surface area contributed by atoms with Crippen molar-refractivity contribution in [3.05, 3.63) is 29.0 Å². The van der Waals surface area contributed by atoms with E-state index in [1.807, 2.05) is 0 Å². The van der Waals surface area contributed by atoms with Gasteiger partial charge >= 0.3 is 0 Å². The largest absolute Gasteiger partial charge is 0.326 e. The minimum absolute atomic E-state index is 0.0383. The number of amides is 1. The third-order valence-corrected chi connectivity index (χ3v) is 3.71. The number of halogens is 2. The highest BCUT2D eigenvalue weighted by molar-refractivity contribution is 6.30. The molecule has 1 amide bonds. The van der Waals surface area contributed by atoms with Gasteiger partial charge in [0.25, 0.3) is 0 Å². The Morgan fingerprint density at radius 2 is 2.06 bits per heavy atom. The van der Waals surface area contributed by atoms with E-state index >= 15 is 0 Å². The quantitative estimate of drug-likeness (QED) is 0.866. The van der Waals surface area contributed by atoms with Crippen LogP contribution in [-0.4, -0.2) is 5.91 Å². The van der Waals surface area contributed by atoms with Gasteiger partial charge < -0.3 is 5.32 Å². The van der Waals surface area contributed by atoms with Gasteiger partial charge in [0.1, 0.15) is 5.82 Å². The molecule has 0 aromatic heterocycles. The van der Waals surface area contributed by atoms with Crippen LogP contribution in [0.15, 0.2) is 18.2 Å². The Morgan fingerprint density at radius 3 is 2.72 bits per heavy atom. The van der Waals surface area contributed by atoms with E-state index in [0.29, 0.717) is 18.0 Å². The van der Waals surface area contributed by atoms with Crippen molar-refractivity contribution in [2.75, 3.05) is 5.32 Å². The smallest absolute Gasteiger partial charge is 0.224 e. The van der Waals surface area contributed by atoms with E-state index in [0.717, 1.165) is 12.8 Å². The lowest BCUT2D eigenvalue weighted by Crippen LogP contribution is -2.18. The lowest BCUT2D eigenvalue weighted by Gasteiger charge is -2.20. The maximum Gasteiger partial charge on any atom is 0.224 e. The molecule has 1 N–H and O–H groups in total. The molecule has 98 valence electrons. The molecule has 1 aliphatic carbocycles. The van der Waals surface area contributed by atoms with Crippen LogP contribution in [0.2, 0.25) is 5.02 Å². The van der Waals surface area contributed by atoms with Gasteiger partial charge in [-0.3, -0.25) is 4.79 Å². The molecule has 0 spiro atoms. The van der Waals surface area contributed by atoms with Gasteiger partial charge in [0.05, 0.1) is 5.02 Å². The predicted octanol–water partition coefficient (Wildman–Crippen LogP) is 4.39. The van der Waals surface area contributed by atoms with Gasteiger partial charge in [0, 0.05) is 12.1 Å².